The topological polar surface area (TPSA) is 58.2 Å². The van der Waals surface area contributed by atoms with Gasteiger partial charge in [-0.05, 0) is 76.6 Å². The zero-order chi connectivity index (χ0) is 23.7. The smallest absolute Gasteiger partial charge is 0.224 e. The molecule has 4 nitrogen and oxygen atoms in total. The standard InChI is InChI=1S/C28H40N2O2/c1-19-15-21(3)27(22(4)16-19)29-25(31)13-11-9-7-8-10-12-14-26(32)30-28-23(5)17-20(2)18-24(28)6/h15-18H,7-14H2,1-6H3,(H,29,31)(H,30,32). The normalized spacial score (nSPS) is 10.8. The van der Waals surface area contributed by atoms with Crippen LogP contribution >= 0.6 is 0 Å². The van der Waals surface area contributed by atoms with Crippen LogP contribution in [0.2, 0.25) is 0 Å². The fourth-order valence-electron chi connectivity index (χ4n) is 4.44. The Morgan fingerprint density at radius 2 is 0.812 bits per heavy atom. The average Bonchev–Trinajstić information content (AvgIpc) is 2.69. The Morgan fingerprint density at radius 3 is 1.12 bits per heavy atom. The molecule has 0 aliphatic heterocycles. The molecule has 2 aromatic carbocycles. The molecule has 0 radical (unpaired) electrons. The van der Waals surface area contributed by atoms with Crippen molar-refractivity contribution in [1.29, 1.82) is 0 Å². The van der Waals surface area contributed by atoms with Crippen molar-refractivity contribution in [1.82, 2.24) is 0 Å². The van der Waals surface area contributed by atoms with Gasteiger partial charge >= 0.3 is 0 Å². The van der Waals surface area contributed by atoms with Gasteiger partial charge in [-0.3, -0.25) is 9.59 Å². The molecule has 2 N–H and O–H groups in total. The van der Waals surface area contributed by atoms with Crippen molar-refractivity contribution in [2.75, 3.05) is 10.6 Å². The van der Waals surface area contributed by atoms with Crippen LogP contribution in [0.15, 0.2) is 24.3 Å². The van der Waals surface area contributed by atoms with E-state index in [2.05, 4.69) is 48.7 Å². The lowest BCUT2D eigenvalue weighted by molar-refractivity contribution is -0.117. The SMILES string of the molecule is Cc1cc(C)c(NC(=O)CCCCCCCCC(=O)Nc2c(C)cc(C)cc2C)c(C)c1. The van der Waals surface area contributed by atoms with Crippen molar-refractivity contribution in [3.05, 3.63) is 57.6 Å². The van der Waals surface area contributed by atoms with Gasteiger partial charge in [-0.1, -0.05) is 61.1 Å². The van der Waals surface area contributed by atoms with Crippen LogP contribution in [0, 0.1) is 41.5 Å². The summed E-state index contributed by atoms with van der Waals surface area (Å²) in [6, 6.07) is 8.41. The number of anilines is 2. The van der Waals surface area contributed by atoms with E-state index in [4.69, 9.17) is 0 Å². The van der Waals surface area contributed by atoms with Crippen molar-refractivity contribution in [2.45, 2.75) is 92.9 Å². The molecule has 0 aliphatic rings. The summed E-state index contributed by atoms with van der Waals surface area (Å²) in [5.41, 5.74) is 8.82. The number of hydrogen-bond acceptors (Lipinski definition) is 2. The zero-order valence-corrected chi connectivity index (χ0v) is 20.8. The Labute approximate surface area is 194 Å². The predicted octanol–water partition coefficient (Wildman–Crippen LogP) is 7.24. The number of benzene rings is 2. The first-order chi connectivity index (χ1) is 15.2. The van der Waals surface area contributed by atoms with Gasteiger partial charge in [0, 0.05) is 24.2 Å². The Hall–Kier alpha value is -2.62. The first kappa shape index (κ1) is 25.6. The van der Waals surface area contributed by atoms with Gasteiger partial charge in [0.1, 0.15) is 0 Å². The molecule has 0 atom stereocenters. The number of carbonyl (C=O) groups excluding carboxylic acids is 2. The summed E-state index contributed by atoms with van der Waals surface area (Å²) < 4.78 is 0. The van der Waals surface area contributed by atoms with Crippen LogP contribution in [0.3, 0.4) is 0 Å². The molecule has 2 rings (SSSR count). The van der Waals surface area contributed by atoms with E-state index in [-0.39, 0.29) is 11.8 Å². The maximum atomic E-state index is 12.3. The minimum absolute atomic E-state index is 0.0958. The number of amides is 2. The molecule has 0 aromatic heterocycles. The Balaban J connectivity index is 1.57. The molecule has 32 heavy (non-hydrogen) atoms. The van der Waals surface area contributed by atoms with E-state index in [9.17, 15) is 9.59 Å². The molecule has 0 unspecified atom stereocenters. The number of carbonyl (C=O) groups is 2. The Morgan fingerprint density at radius 1 is 0.531 bits per heavy atom. The summed E-state index contributed by atoms with van der Waals surface area (Å²) in [6.45, 7) is 12.3. The minimum atomic E-state index is 0.0958. The molecule has 0 bridgehead atoms. The summed E-state index contributed by atoms with van der Waals surface area (Å²) >= 11 is 0. The molecule has 174 valence electrons. The summed E-state index contributed by atoms with van der Waals surface area (Å²) in [6.07, 6.45) is 7.24. The second-order valence-electron chi connectivity index (χ2n) is 9.27. The Bertz CT molecular complexity index is 823. The average molecular weight is 437 g/mol. The quantitative estimate of drug-likeness (QED) is 0.365. The lowest BCUT2D eigenvalue weighted by Crippen LogP contribution is -2.13. The largest absolute Gasteiger partial charge is 0.326 e. The van der Waals surface area contributed by atoms with Crippen LogP contribution in [0.5, 0.6) is 0 Å². The maximum Gasteiger partial charge on any atom is 0.224 e. The van der Waals surface area contributed by atoms with Crippen molar-refractivity contribution in [2.24, 2.45) is 0 Å². The van der Waals surface area contributed by atoms with Crippen LogP contribution in [-0.2, 0) is 9.59 Å². The van der Waals surface area contributed by atoms with Gasteiger partial charge in [0.15, 0.2) is 0 Å². The third kappa shape index (κ3) is 8.14. The number of rotatable bonds is 11. The van der Waals surface area contributed by atoms with Crippen molar-refractivity contribution in [3.8, 4) is 0 Å². The van der Waals surface area contributed by atoms with E-state index in [1.54, 1.807) is 0 Å². The van der Waals surface area contributed by atoms with E-state index in [1.165, 1.54) is 11.1 Å². The van der Waals surface area contributed by atoms with Gasteiger partial charge in [-0.15, -0.1) is 0 Å². The third-order valence-electron chi connectivity index (χ3n) is 5.94. The first-order valence-electron chi connectivity index (χ1n) is 11.9. The summed E-state index contributed by atoms with van der Waals surface area (Å²) in [5, 5.41) is 6.15. The molecule has 0 saturated heterocycles. The lowest BCUT2D eigenvalue weighted by atomic mass is 10.0. The van der Waals surface area contributed by atoms with E-state index in [0.717, 1.165) is 72.2 Å². The van der Waals surface area contributed by atoms with Crippen molar-refractivity contribution < 1.29 is 9.59 Å². The van der Waals surface area contributed by atoms with E-state index in [1.807, 2.05) is 27.7 Å². The van der Waals surface area contributed by atoms with E-state index < -0.39 is 0 Å². The first-order valence-corrected chi connectivity index (χ1v) is 11.9. The molecule has 2 amide bonds. The fourth-order valence-corrected chi connectivity index (χ4v) is 4.44. The number of unbranched alkanes of at least 4 members (excludes halogenated alkanes) is 5. The maximum absolute atomic E-state index is 12.3. The van der Waals surface area contributed by atoms with Gasteiger partial charge in [0.05, 0.1) is 0 Å². The monoisotopic (exact) mass is 436 g/mol. The van der Waals surface area contributed by atoms with E-state index >= 15 is 0 Å². The zero-order valence-electron chi connectivity index (χ0n) is 20.8. The molecule has 0 spiro atoms. The molecular formula is C28H40N2O2. The highest BCUT2D eigenvalue weighted by molar-refractivity contribution is 5.93. The highest BCUT2D eigenvalue weighted by Gasteiger charge is 2.09. The lowest BCUT2D eigenvalue weighted by Gasteiger charge is -2.13. The molecule has 2 aromatic rings. The number of nitrogens with one attached hydrogen (secondary N) is 2. The van der Waals surface area contributed by atoms with Gasteiger partial charge in [0.25, 0.3) is 0 Å². The summed E-state index contributed by atoms with van der Waals surface area (Å²) in [4.78, 5) is 24.5. The van der Waals surface area contributed by atoms with Gasteiger partial charge in [-0.25, -0.2) is 0 Å². The van der Waals surface area contributed by atoms with Gasteiger partial charge in [-0.2, -0.15) is 0 Å². The second-order valence-corrected chi connectivity index (χ2v) is 9.27. The molecule has 0 aliphatic carbocycles. The molecule has 0 saturated carbocycles. The fraction of sp³-hybridized carbons (Fsp3) is 0.500. The minimum Gasteiger partial charge on any atom is -0.326 e. The molecule has 0 fully saturated rings. The van der Waals surface area contributed by atoms with Crippen LogP contribution in [-0.4, -0.2) is 11.8 Å². The van der Waals surface area contributed by atoms with Crippen molar-refractivity contribution in [3.63, 3.8) is 0 Å². The molecular weight excluding hydrogens is 396 g/mol. The molecule has 0 heterocycles. The van der Waals surface area contributed by atoms with Crippen molar-refractivity contribution >= 4 is 23.2 Å². The van der Waals surface area contributed by atoms with Crippen LogP contribution in [0.1, 0.15) is 84.7 Å². The van der Waals surface area contributed by atoms with Crippen LogP contribution in [0.4, 0.5) is 11.4 Å². The van der Waals surface area contributed by atoms with Crippen LogP contribution < -0.4 is 10.6 Å². The van der Waals surface area contributed by atoms with Gasteiger partial charge < -0.3 is 10.6 Å². The van der Waals surface area contributed by atoms with Crippen LogP contribution in [0.25, 0.3) is 0 Å². The summed E-state index contributed by atoms with van der Waals surface area (Å²) in [5.74, 6) is 0.192. The highest BCUT2D eigenvalue weighted by Crippen LogP contribution is 2.23. The highest BCUT2D eigenvalue weighted by atomic mass is 16.2. The molecule has 4 heteroatoms. The summed E-state index contributed by atoms with van der Waals surface area (Å²) in [7, 11) is 0. The second kappa shape index (κ2) is 12.4. The number of aryl methyl sites for hydroxylation is 6. The van der Waals surface area contributed by atoms with Gasteiger partial charge in [0.2, 0.25) is 11.8 Å². The predicted molar refractivity (Wildman–Crippen MR) is 136 cm³/mol. The Kier molecular flexibility index (Phi) is 9.96. The number of hydrogen-bond donors (Lipinski definition) is 2. The third-order valence-corrected chi connectivity index (χ3v) is 5.94. The van der Waals surface area contributed by atoms with E-state index in [0.29, 0.717) is 12.8 Å².